The third-order valence-electron chi connectivity index (χ3n) is 3.85. The minimum Gasteiger partial charge on any atom is -0.354 e. The summed E-state index contributed by atoms with van der Waals surface area (Å²) in [5.74, 6) is 2.37. The lowest BCUT2D eigenvalue weighted by atomic mass is 9.96. The molecular weight excluding hydrogens is 288 g/mol. The van der Waals surface area contributed by atoms with E-state index < -0.39 is 11.2 Å². The minimum absolute atomic E-state index is 0.589. The van der Waals surface area contributed by atoms with Crippen LogP contribution < -0.4 is 14.8 Å². The molecule has 3 heterocycles. The Bertz CT molecular complexity index is 679. The lowest BCUT2D eigenvalue weighted by molar-refractivity contribution is 0.382. The van der Waals surface area contributed by atoms with Crippen molar-refractivity contribution >= 4 is 22.5 Å². The number of nitrogens with one attached hydrogen (secondary N) is 1. The highest BCUT2D eigenvalue weighted by atomic mass is 32.2. The van der Waals surface area contributed by atoms with E-state index in [4.69, 9.17) is 5.14 Å². The van der Waals surface area contributed by atoms with Crippen LogP contribution in [0.4, 0.5) is 5.82 Å². The van der Waals surface area contributed by atoms with Crippen LogP contribution in [0.3, 0.4) is 0 Å². The molecule has 1 atom stereocenters. The first-order valence-corrected chi connectivity index (χ1v) is 8.23. The van der Waals surface area contributed by atoms with Crippen molar-refractivity contribution in [3.05, 3.63) is 23.7 Å². The molecule has 114 valence electrons. The Morgan fingerprint density at radius 3 is 2.95 bits per heavy atom. The second-order valence-corrected chi connectivity index (χ2v) is 6.41. The Labute approximate surface area is 126 Å². The number of hydrogen-bond donors (Lipinski definition) is 2. The topological polar surface area (TPSA) is 88.5 Å². The summed E-state index contributed by atoms with van der Waals surface area (Å²) in [5.41, 5.74) is 2.27. The van der Waals surface area contributed by atoms with Crippen molar-refractivity contribution in [2.75, 3.05) is 24.5 Å². The molecule has 1 aliphatic rings. The molecule has 0 spiro atoms. The fourth-order valence-electron chi connectivity index (χ4n) is 2.77. The summed E-state index contributed by atoms with van der Waals surface area (Å²) in [5, 5.41) is 9.58. The van der Waals surface area contributed by atoms with E-state index in [1.54, 1.807) is 0 Å². The molecule has 1 unspecified atom stereocenters. The van der Waals surface area contributed by atoms with Gasteiger partial charge in [0.2, 0.25) is 0 Å². The van der Waals surface area contributed by atoms with Gasteiger partial charge in [-0.25, -0.2) is 23.6 Å². The van der Waals surface area contributed by atoms with E-state index in [1.165, 1.54) is 5.56 Å². The molecule has 0 bridgehead atoms. The molecule has 1 fully saturated rings. The Hall–Kier alpha value is -1.51. The lowest BCUT2D eigenvalue weighted by Gasteiger charge is -2.40. The first kappa shape index (κ1) is 14.4. The van der Waals surface area contributed by atoms with Crippen LogP contribution in [-0.2, 0) is 11.2 Å². The van der Waals surface area contributed by atoms with Gasteiger partial charge >= 0.3 is 0 Å². The Morgan fingerprint density at radius 1 is 1.48 bits per heavy atom. The van der Waals surface area contributed by atoms with Crippen LogP contribution in [0.1, 0.15) is 17.8 Å². The van der Waals surface area contributed by atoms with Crippen molar-refractivity contribution in [1.82, 2.24) is 19.3 Å². The van der Waals surface area contributed by atoms with Crippen molar-refractivity contribution in [3.8, 4) is 0 Å². The number of nitrogens with two attached hydrogens (primary N) is 1. The molecule has 0 saturated carbocycles. The molecule has 0 radical (unpaired) electrons. The summed E-state index contributed by atoms with van der Waals surface area (Å²) in [6.45, 7) is 6.61. The molecule has 0 amide bonds. The second kappa shape index (κ2) is 5.70. The molecule has 1 saturated heterocycles. The van der Waals surface area contributed by atoms with Gasteiger partial charge in [0.25, 0.3) is 0 Å². The third kappa shape index (κ3) is 2.92. The van der Waals surface area contributed by atoms with Crippen molar-refractivity contribution in [1.29, 1.82) is 0 Å². The van der Waals surface area contributed by atoms with E-state index in [1.807, 2.05) is 17.6 Å². The molecule has 8 heteroatoms. The maximum atomic E-state index is 10.8. The van der Waals surface area contributed by atoms with Crippen LogP contribution in [0.15, 0.2) is 12.3 Å². The quantitative estimate of drug-likeness (QED) is 0.831. The molecular formula is C13H20N6OS. The highest BCUT2D eigenvalue weighted by Gasteiger charge is 2.29. The SMILES string of the molecule is Cc1nc(N2CC(CCNS(N)=O)C2)c2c(C)ccn2n1. The molecule has 1 aliphatic heterocycles. The minimum atomic E-state index is -1.41. The summed E-state index contributed by atoms with van der Waals surface area (Å²) in [7, 11) is 0. The predicted octanol–water partition coefficient (Wildman–Crippen LogP) is 0.299. The Balaban J connectivity index is 1.69. The van der Waals surface area contributed by atoms with Gasteiger partial charge in [-0.2, -0.15) is 5.10 Å². The average Bonchev–Trinajstić information content (AvgIpc) is 2.72. The molecule has 3 rings (SSSR count). The zero-order chi connectivity index (χ0) is 15.0. The number of rotatable bonds is 5. The van der Waals surface area contributed by atoms with Gasteiger partial charge in [-0.15, -0.1) is 0 Å². The zero-order valence-electron chi connectivity index (χ0n) is 12.2. The largest absolute Gasteiger partial charge is 0.354 e. The highest BCUT2D eigenvalue weighted by molar-refractivity contribution is 7.80. The summed E-state index contributed by atoms with van der Waals surface area (Å²) < 4.78 is 15.4. The molecule has 0 aliphatic carbocycles. The number of fused-ring (bicyclic) bond motifs is 1. The van der Waals surface area contributed by atoms with Crippen molar-refractivity contribution in [2.45, 2.75) is 20.3 Å². The number of nitrogens with zero attached hydrogens (tertiary/aromatic N) is 4. The van der Waals surface area contributed by atoms with Crippen LogP contribution >= 0.6 is 0 Å². The second-order valence-electron chi connectivity index (χ2n) is 5.53. The van der Waals surface area contributed by atoms with Crippen LogP contribution in [0.25, 0.3) is 5.52 Å². The smallest absolute Gasteiger partial charge is 0.164 e. The van der Waals surface area contributed by atoms with E-state index in [0.717, 1.165) is 36.7 Å². The van der Waals surface area contributed by atoms with Crippen molar-refractivity contribution in [2.24, 2.45) is 11.1 Å². The first-order valence-electron chi connectivity index (χ1n) is 7.02. The molecule has 0 aromatic carbocycles. The standard InChI is InChI=1S/C13H20N6OS/c1-9-4-6-19-12(9)13(16-10(2)17-19)18-7-11(8-18)3-5-15-21(14)20/h4,6,11,15H,3,5,7-8,14H2,1-2H3. The van der Waals surface area contributed by atoms with Gasteiger partial charge < -0.3 is 4.90 Å². The fraction of sp³-hybridized carbons (Fsp3) is 0.538. The van der Waals surface area contributed by atoms with Crippen LogP contribution in [0.5, 0.6) is 0 Å². The molecule has 21 heavy (non-hydrogen) atoms. The predicted molar refractivity (Wildman–Crippen MR) is 83.1 cm³/mol. The van der Waals surface area contributed by atoms with Gasteiger partial charge in [-0.3, -0.25) is 0 Å². The van der Waals surface area contributed by atoms with E-state index in [-0.39, 0.29) is 0 Å². The van der Waals surface area contributed by atoms with E-state index in [2.05, 4.69) is 32.7 Å². The third-order valence-corrected chi connectivity index (χ3v) is 4.34. The van der Waals surface area contributed by atoms with Gasteiger partial charge in [0.15, 0.2) is 17.0 Å². The van der Waals surface area contributed by atoms with Crippen molar-refractivity contribution in [3.63, 3.8) is 0 Å². The summed E-state index contributed by atoms with van der Waals surface area (Å²) in [4.78, 5) is 6.89. The summed E-state index contributed by atoms with van der Waals surface area (Å²) >= 11 is -1.41. The number of aryl methyl sites for hydroxylation is 2. The highest BCUT2D eigenvalue weighted by Crippen LogP contribution is 2.30. The Morgan fingerprint density at radius 2 is 2.24 bits per heavy atom. The normalized spacial score (nSPS) is 17.2. The fourth-order valence-corrected chi connectivity index (χ4v) is 3.09. The summed E-state index contributed by atoms with van der Waals surface area (Å²) in [6.07, 6.45) is 2.94. The monoisotopic (exact) mass is 308 g/mol. The van der Waals surface area contributed by atoms with Crippen LogP contribution in [0.2, 0.25) is 0 Å². The number of aromatic nitrogens is 3. The van der Waals surface area contributed by atoms with E-state index >= 15 is 0 Å². The molecule has 2 aromatic heterocycles. The van der Waals surface area contributed by atoms with Gasteiger partial charge in [0, 0.05) is 25.8 Å². The van der Waals surface area contributed by atoms with Gasteiger partial charge in [0.05, 0.1) is 0 Å². The molecule has 3 N–H and O–H groups in total. The number of hydrogen-bond acceptors (Lipinski definition) is 4. The van der Waals surface area contributed by atoms with E-state index in [0.29, 0.717) is 12.5 Å². The van der Waals surface area contributed by atoms with E-state index in [9.17, 15) is 4.21 Å². The van der Waals surface area contributed by atoms with Crippen LogP contribution in [-0.4, -0.2) is 38.4 Å². The lowest BCUT2D eigenvalue weighted by Crippen LogP contribution is -2.48. The maximum Gasteiger partial charge on any atom is 0.164 e. The Kier molecular flexibility index (Phi) is 3.92. The maximum absolute atomic E-state index is 10.8. The summed E-state index contributed by atoms with van der Waals surface area (Å²) in [6, 6.07) is 2.06. The zero-order valence-corrected chi connectivity index (χ0v) is 13.1. The first-order chi connectivity index (χ1) is 10.0. The van der Waals surface area contributed by atoms with Gasteiger partial charge in [-0.05, 0) is 37.8 Å². The van der Waals surface area contributed by atoms with Gasteiger partial charge in [-0.1, -0.05) is 0 Å². The number of anilines is 1. The molecule has 2 aromatic rings. The van der Waals surface area contributed by atoms with Gasteiger partial charge in [0.1, 0.15) is 11.3 Å². The molecule has 7 nitrogen and oxygen atoms in total. The van der Waals surface area contributed by atoms with Crippen molar-refractivity contribution < 1.29 is 4.21 Å². The average molecular weight is 308 g/mol. The van der Waals surface area contributed by atoms with Crippen LogP contribution in [0, 0.1) is 19.8 Å².